The summed E-state index contributed by atoms with van der Waals surface area (Å²) in [7, 11) is 0. The Kier molecular flexibility index (Phi) is 4.89. The average molecular weight is 350 g/mol. The number of urea groups is 1. The number of carboxylic acids is 1. The van der Waals surface area contributed by atoms with E-state index in [-0.39, 0.29) is 11.7 Å². The Balaban J connectivity index is 1.86. The molecule has 1 heterocycles. The van der Waals surface area contributed by atoms with Crippen molar-refractivity contribution in [3.05, 3.63) is 58.3 Å². The van der Waals surface area contributed by atoms with Crippen LogP contribution in [0.3, 0.4) is 0 Å². The van der Waals surface area contributed by atoms with Crippen LogP contribution in [-0.2, 0) is 6.54 Å². The fraction of sp³-hybridized carbons (Fsp3) is 0.0714. The zero-order valence-electron chi connectivity index (χ0n) is 10.8. The van der Waals surface area contributed by atoms with Gasteiger partial charge < -0.3 is 15.7 Å². The van der Waals surface area contributed by atoms with E-state index in [9.17, 15) is 9.59 Å². The van der Waals surface area contributed by atoms with Gasteiger partial charge in [-0.25, -0.2) is 14.6 Å². The molecule has 0 atom stereocenters. The molecular formula is C14H12BrN3O3. The van der Waals surface area contributed by atoms with Crippen molar-refractivity contribution in [2.24, 2.45) is 0 Å². The summed E-state index contributed by atoms with van der Waals surface area (Å²) < 4.78 is 0.972. The van der Waals surface area contributed by atoms with E-state index >= 15 is 0 Å². The van der Waals surface area contributed by atoms with E-state index in [1.807, 2.05) is 24.3 Å². The lowest BCUT2D eigenvalue weighted by Crippen LogP contribution is -2.28. The number of aromatic carboxylic acids is 1. The van der Waals surface area contributed by atoms with Gasteiger partial charge in [-0.3, -0.25) is 0 Å². The van der Waals surface area contributed by atoms with Crippen LogP contribution in [0.15, 0.2) is 47.1 Å². The molecule has 2 amide bonds. The summed E-state index contributed by atoms with van der Waals surface area (Å²) in [6.45, 7) is 0.389. The van der Waals surface area contributed by atoms with Crippen LogP contribution in [0.5, 0.6) is 0 Å². The predicted molar refractivity (Wildman–Crippen MR) is 81.2 cm³/mol. The molecule has 0 aliphatic carbocycles. The molecule has 2 rings (SSSR count). The van der Waals surface area contributed by atoms with Crippen molar-refractivity contribution in [3.8, 4) is 0 Å². The maximum atomic E-state index is 11.7. The molecule has 0 saturated carbocycles. The first-order valence-electron chi connectivity index (χ1n) is 6.03. The third-order valence-corrected chi connectivity index (χ3v) is 3.14. The van der Waals surface area contributed by atoms with Gasteiger partial charge in [0.2, 0.25) is 0 Å². The lowest BCUT2D eigenvalue weighted by Gasteiger charge is -2.07. The van der Waals surface area contributed by atoms with E-state index in [2.05, 4.69) is 31.5 Å². The first-order chi connectivity index (χ1) is 10.0. The van der Waals surface area contributed by atoms with Crippen LogP contribution in [0.4, 0.5) is 10.5 Å². The van der Waals surface area contributed by atoms with Crippen molar-refractivity contribution in [1.82, 2.24) is 10.3 Å². The van der Waals surface area contributed by atoms with Crippen LogP contribution >= 0.6 is 15.9 Å². The summed E-state index contributed by atoms with van der Waals surface area (Å²) in [6.07, 6.45) is 1.29. The molecule has 2 aromatic rings. The fourth-order valence-corrected chi connectivity index (χ4v) is 1.82. The fourth-order valence-electron chi connectivity index (χ4n) is 1.55. The highest BCUT2D eigenvalue weighted by Crippen LogP contribution is 2.10. The molecule has 7 heteroatoms. The van der Waals surface area contributed by atoms with Crippen molar-refractivity contribution in [3.63, 3.8) is 0 Å². The first-order valence-corrected chi connectivity index (χ1v) is 6.82. The molecular weight excluding hydrogens is 338 g/mol. The summed E-state index contributed by atoms with van der Waals surface area (Å²) in [5.74, 6) is -1.11. The second-order valence-electron chi connectivity index (χ2n) is 4.17. The number of nitrogens with zero attached hydrogens (tertiary/aromatic N) is 1. The lowest BCUT2D eigenvalue weighted by molar-refractivity contribution is 0.0690. The van der Waals surface area contributed by atoms with E-state index in [1.54, 1.807) is 0 Å². The minimum Gasteiger partial charge on any atom is -0.477 e. The van der Waals surface area contributed by atoms with E-state index in [0.717, 1.165) is 10.0 Å². The summed E-state index contributed by atoms with van der Waals surface area (Å²) in [6, 6.07) is 10.00. The van der Waals surface area contributed by atoms with Gasteiger partial charge in [-0.2, -0.15) is 0 Å². The van der Waals surface area contributed by atoms with Crippen LogP contribution in [0.2, 0.25) is 0 Å². The lowest BCUT2D eigenvalue weighted by atomic mass is 10.2. The summed E-state index contributed by atoms with van der Waals surface area (Å²) in [4.78, 5) is 26.1. The predicted octanol–water partition coefficient (Wildman–Crippen LogP) is 2.86. The molecule has 0 bridgehead atoms. The number of anilines is 1. The van der Waals surface area contributed by atoms with Gasteiger partial charge in [0, 0.05) is 11.0 Å². The molecule has 3 N–H and O–H groups in total. The number of carbonyl (C=O) groups excluding carboxylic acids is 1. The van der Waals surface area contributed by atoms with Gasteiger partial charge in [-0.1, -0.05) is 28.1 Å². The quantitative estimate of drug-likeness (QED) is 0.791. The molecule has 0 aliphatic heterocycles. The van der Waals surface area contributed by atoms with Crippen molar-refractivity contribution in [1.29, 1.82) is 0 Å². The molecule has 108 valence electrons. The molecule has 1 aromatic heterocycles. The minimum absolute atomic E-state index is 0.0733. The highest BCUT2D eigenvalue weighted by atomic mass is 79.9. The number of nitrogens with one attached hydrogen (secondary N) is 2. The van der Waals surface area contributed by atoms with Gasteiger partial charge in [-0.05, 0) is 29.8 Å². The normalized spacial score (nSPS) is 9.95. The molecule has 0 spiro atoms. The first kappa shape index (κ1) is 15.0. The number of carbonyl (C=O) groups is 2. The van der Waals surface area contributed by atoms with Crippen molar-refractivity contribution < 1.29 is 14.7 Å². The largest absolute Gasteiger partial charge is 0.477 e. The highest BCUT2D eigenvalue weighted by Gasteiger charge is 2.05. The molecule has 21 heavy (non-hydrogen) atoms. The van der Waals surface area contributed by atoms with Crippen LogP contribution in [0.1, 0.15) is 16.1 Å². The Labute approximate surface area is 129 Å². The topological polar surface area (TPSA) is 91.3 Å². The molecule has 0 saturated heterocycles. The van der Waals surface area contributed by atoms with Crippen LogP contribution < -0.4 is 10.6 Å². The monoisotopic (exact) mass is 349 g/mol. The van der Waals surface area contributed by atoms with Crippen molar-refractivity contribution in [2.75, 3.05) is 5.32 Å². The van der Waals surface area contributed by atoms with Crippen LogP contribution in [-0.4, -0.2) is 22.1 Å². The number of rotatable bonds is 4. The van der Waals surface area contributed by atoms with Crippen LogP contribution in [0.25, 0.3) is 0 Å². The maximum absolute atomic E-state index is 11.7. The number of pyridine rings is 1. The molecule has 0 fully saturated rings. The van der Waals surface area contributed by atoms with Gasteiger partial charge in [0.15, 0.2) is 0 Å². The SMILES string of the molecule is O=C(NCc1ccc(Br)cc1)Nc1ccc(C(=O)O)nc1. The Bertz CT molecular complexity index is 642. The van der Waals surface area contributed by atoms with E-state index < -0.39 is 5.97 Å². The zero-order chi connectivity index (χ0) is 15.2. The minimum atomic E-state index is -1.11. The third-order valence-electron chi connectivity index (χ3n) is 2.61. The molecule has 0 unspecified atom stereocenters. The Morgan fingerprint density at radius 3 is 2.43 bits per heavy atom. The zero-order valence-corrected chi connectivity index (χ0v) is 12.4. The average Bonchev–Trinajstić information content (AvgIpc) is 2.47. The van der Waals surface area contributed by atoms with E-state index in [1.165, 1.54) is 18.3 Å². The highest BCUT2D eigenvalue weighted by molar-refractivity contribution is 9.10. The van der Waals surface area contributed by atoms with Gasteiger partial charge >= 0.3 is 12.0 Å². The van der Waals surface area contributed by atoms with Gasteiger partial charge in [0.1, 0.15) is 5.69 Å². The smallest absolute Gasteiger partial charge is 0.354 e. The Morgan fingerprint density at radius 1 is 1.14 bits per heavy atom. The van der Waals surface area contributed by atoms with Crippen LogP contribution in [0, 0.1) is 0 Å². The second-order valence-corrected chi connectivity index (χ2v) is 5.09. The second kappa shape index (κ2) is 6.85. The number of hydrogen-bond acceptors (Lipinski definition) is 3. The number of halogens is 1. The van der Waals surface area contributed by atoms with Crippen molar-refractivity contribution in [2.45, 2.75) is 6.54 Å². The summed E-state index contributed by atoms with van der Waals surface area (Å²) in [5.41, 5.74) is 1.32. The molecule has 0 aliphatic rings. The van der Waals surface area contributed by atoms with Crippen molar-refractivity contribution >= 4 is 33.6 Å². The number of aromatic nitrogens is 1. The summed E-state index contributed by atoms with van der Waals surface area (Å²) >= 11 is 3.34. The third kappa shape index (κ3) is 4.57. The van der Waals surface area contributed by atoms with Gasteiger partial charge in [0.05, 0.1) is 11.9 Å². The molecule has 6 nitrogen and oxygen atoms in total. The molecule has 1 aromatic carbocycles. The number of hydrogen-bond donors (Lipinski definition) is 3. The number of benzene rings is 1. The van der Waals surface area contributed by atoms with Gasteiger partial charge in [0.25, 0.3) is 0 Å². The standard InChI is InChI=1S/C14H12BrN3O3/c15-10-3-1-9(2-4-10)7-17-14(21)18-11-5-6-12(13(19)20)16-8-11/h1-6,8H,7H2,(H,19,20)(H2,17,18,21). The maximum Gasteiger partial charge on any atom is 0.354 e. The van der Waals surface area contributed by atoms with E-state index in [0.29, 0.717) is 12.2 Å². The molecule has 0 radical (unpaired) electrons. The Hall–Kier alpha value is -2.41. The Morgan fingerprint density at radius 2 is 1.86 bits per heavy atom. The number of amides is 2. The van der Waals surface area contributed by atoms with Gasteiger partial charge in [-0.15, -0.1) is 0 Å². The summed E-state index contributed by atoms with van der Waals surface area (Å²) in [5, 5.41) is 14.0. The number of carboxylic acid groups (broad SMARTS) is 1. The van der Waals surface area contributed by atoms with E-state index in [4.69, 9.17) is 5.11 Å².